The van der Waals surface area contributed by atoms with Gasteiger partial charge < -0.3 is 10.9 Å². The minimum Gasteiger partial charge on any atom is -0.409 e. The predicted octanol–water partition coefficient (Wildman–Crippen LogP) is 1.21. The first-order valence-corrected chi connectivity index (χ1v) is 5.21. The van der Waals surface area contributed by atoms with E-state index in [1.165, 1.54) is 19.3 Å². The normalized spacial score (nSPS) is 17.8. The van der Waals surface area contributed by atoms with Crippen LogP contribution in [0.25, 0.3) is 0 Å². The highest BCUT2D eigenvalue weighted by molar-refractivity contribution is 5.82. The van der Waals surface area contributed by atoms with Crippen LogP contribution in [0.1, 0.15) is 36.6 Å². The van der Waals surface area contributed by atoms with Gasteiger partial charge in [-0.25, -0.2) is 0 Å². The van der Waals surface area contributed by atoms with Crippen LogP contribution in [-0.4, -0.2) is 20.8 Å². The molecule has 0 unspecified atom stereocenters. The number of rotatable bonds is 3. The molecule has 5 heteroatoms. The molecule has 3 N–H and O–H groups in total. The van der Waals surface area contributed by atoms with Gasteiger partial charge >= 0.3 is 0 Å². The fourth-order valence-electron chi connectivity index (χ4n) is 1.76. The van der Waals surface area contributed by atoms with Crippen molar-refractivity contribution in [3.05, 3.63) is 17.5 Å². The molecule has 0 spiro atoms. The maximum atomic E-state index is 8.50. The van der Waals surface area contributed by atoms with E-state index < -0.39 is 0 Å². The molecule has 1 aromatic rings. The number of hydrogen-bond donors (Lipinski definition) is 2. The van der Waals surface area contributed by atoms with Crippen LogP contribution in [-0.2, 0) is 6.42 Å². The fraction of sp³-hybridized carbons (Fsp3) is 0.600. The summed E-state index contributed by atoms with van der Waals surface area (Å²) in [7, 11) is 0. The lowest BCUT2D eigenvalue weighted by Gasteiger charge is -2.25. The van der Waals surface area contributed by atoms with E-state index in [2.05, 4.69) is 10.3 Å². The molecule has 0 aliphatic heterocycles. The first-order valence-electron chi connectivity index (χ1n) is 5.21. The van der Waals surface area contributed by atoms with Crippen molar-refractivity contribution in [2.75, 3.05) is 0 Å². The zero-order chi connectivity index (χ0) is 10.8. The summed E-state index contributed by atoms with van der Waals surface area (Å²) in [6.07, 6.45) is 6.19. The third-order valence-electron chi connectivity index (χ3n) is 2.97. The van der Waals surface area contributed by atoms with Gasteiger partial charge in [-0.2, -0.15) is 5.10 Å². The smallest absolute Gasteiger partial charge is 0.143 e. The van der Waals surface area contributed by atoms with Crippen molar-refractivity contribution in [3.63, 3.8) is 0 Å². The first-order chi connectivity index (χ1) is 7.20. The topological polar surface area (TPSA) is 76.4 Å². The maximum Gasteiger partial charge on any atom is 0.143 e. The van der Waals surface area contributed by atoms with Crippen molar-refractivity contribution in [1.82, 2.24) is 9.78 Å². The molecule has 0 radical (unpaired) electrons. The van der Waals surface area contributed by atoms with Crippen molar-refractivity contribution in [3.8, 4) is 0 Å². The highest BCUT2D eigenvalue weighted by Gasteiger charge is 2.21. The number of hydrogen-bond acceptors (Lipinski definition) is 3. The SMILES string of the molecule is Cc1nn(C2CCC2)cc1C/C(N)=N/O. The Kier molecular flexibility index (Phi) is 2.62. The zero-order valence-corrected chi connectivity index (χ0v) is 8.85. The molecule has 0 atom stereocenters. The van der Waals surface area contributed by atoms with Gasteiger partial charge in [-0.15, -0.1) is 0 Å². The minimum absolute atomic E-state index is 0.228. The van der Waals surface area contributed by atoms with Crippen LogP contribution in [0, 0.1) is 6.92 Å². The molecule has 82 valence electrons. The zero-order valence-electron chi connectivity index (χ0n) is 8.85. The summed E-state index contributed by atoms with van der Waals surface area (Å²) in [6, 6.07) is 0.560. The average molecular weight is 208 g/mol. The standard InChI is InChI=1S/C10H16N4O/c1-7-8(5-10(11)13-15)6-14(12-7)9-3-2-4-9/h6,9,15H,2-5H2,1H3,(H2,11,13). The molecule has 0 amide bonds. The molecule has 0 bridgehead atoms. The Morgan fingerprint density at radius 3 is 3.00 bits per heavy atom. The lowest BCUT2D eigenvalue weighted by Crippen LogP contribution is -2.17. The summed E-state index contributed by atoms with van der Waals surface area (Å²) >= 11 is 0. The lowest BCUT2D eigenvalue weighted by molar-refractivity contribution is 0.288. The second-order valence-electron chi connectivity index (χ2n) is 4.07. The fourth-order valence-corrected chi connectivity index (χ4v) is 1.76. The van der Waals surface area contributed by atoms with Gasteiger partial charge in [-0.05, 0) is 26.2 Å². The number of nitrogens with zero attached hydrogens (tertiary/aromatic N) is 3. The first kappa shape index (κ1) is 10.0. The Labute approximate surface area is 88.6 Å². The molecule has 15 heavy (non-hydrogen) atoms. The minimum atomic E-state index is 0.228. The van der Waals surface area contributed by atoms with Crippen LogP contribution in [0.3, 0.4) is 0 Å². The Hall–Kier alpha value is -1.52. The van der Waals surface area contributed by atoms with Gasteiger partial charge in [0.2, 0.25) is 0 Å². The summed E-state index contributed by atoms with van der Waals surface area (Å²) in [5, 5.41) is 15.9. The van der Waals surface area contributed by atoms with Gasteiger partial charge in [0.25, 0.3) is 0 Å². The molecule has 2 rings (SSSR count). The van der Waals surface area contributed by atoms with E-state index in [-0.39, 0.29) is 5.84 Å². The van der Waals surface area contributed by atoms with Crippen molar-refractivity contribution in [1.29, 1.82) is 0 Å². The summed E-state index contributed by atoms with van der Waals surface area (Å²) < 4.78 is 2.01. The molecule has 5 nitrogen and oxygen atoms in total. The summed E-state index contributed by atoms with van der Waals surface area (Å²) in [4.78, 5) is 0. The van der Waals surface area contributed by atoms with Crippen molar-refractivity contribution < 1.29 is 5.21 Å². The number of aryl methyl sites for hydroxylation is 1. The number of aromatic nitrogens is 2. The molecule has 1 aliphatic carbocycles. The maximum absolute atomic E-state index is 8.50. The number of amidine groups is 1. The average Bonchev–Trinajstić information content (AvgIpc) is 2.44. The quantitative estimate of drug-likeness (QED) is 0.339. The van der Waals surface area contributed by atoms with E-state index in [0.29, 0.717) is 12.5 Å². The van der Waals surface area contributed by atoms with Gasteiger partial charge in [-0.3, -0.25) is 4.68 Å². The van der Waals surface area contributed by atoms with E-state index in [0.717, 1.165) is 11.3 Å². The second kappa shape index (κ2) is 3.92. The van der Waals surface area contributed by atoms with Gasteiger partial charge in [0.1, 0.15) is 5.84 Å². The largest absolute Gasteiger partial charge is 0.409 e. The Morgan fingerprint density at radius 1 is 1.73 bits per heavy atom. The van der Waals surface area contributed by atoms with Gasteiger partial charge in [0.15, 0.2) is 0 Å². The summed E-state index contributed by atoms with van der Waals surface area (Å²) in [5.74, 6) is 0.228. The Bertz CT molecular complexity index is 379. The molecule has 1 aliphatic rings. The monoisotopic (exact) mass is 208 g/mol. The van der Waals surface area contributed by atoms with Crippen molar-refractivity contribution in [2.24, 2.45) is 10.9 Å². The molecule has 0 saturated heterocycles. The Balaban J connectivity index is 2.13. The highest BCUT2D eigenvalue weighted by Crippen LogP contribution is 2.31. The van der Waals surface area contributed by atoms with E-state index >= 15 is 0 Å². The number of nitrogens with two attached hydrogens (primary N) is 1. The third kappa shape index (κ3) is 1.95. The lowest BCUT2D eigenvalue weighted by atomic mass is 9.93. The molecule has 1 aromatic heterocycles. The van der Waals surface area contributed by atoms with Gasteiger partial charge in [0.05, 0.1) is 11.7 Å². The second-order valence-corrected chi connectivity index (χ2v) is 4.07. The number of oxime groups is 1. The van der Waals surface area contributed by atoms with Crippen LogP contribution in [0.4, 0.5) is 0 Å². The van der Waals surface area contributed by atoms with E-state index in [9.17, 15) is 0 Å². The predicted molar refractivity (Wildman–Crippen MR) is 57.0 cm³/mol. The molecule has 0 aromatic carbocycles. The Morgan fingerprint density at radius 2 is 2.47 bits per heavy atom. The van der Waals surface area contributed by atoms with E-state index in [1.807, 2.05) is 17.8 Å². The van der Waals surface area contributed by atoms with Gasteiger partial charge in [0, 0.05) is 18.2 Å². The summed E-state index contributed by atoms with van der Waals surface area (Å²) in [6.45, 7) is 1.95. The van der Waals surface area contributed by atoms with Crippen LogP contribution in [0.15, 0.2) is 11.4 Å². The van der Waals surface area contributed by atoms with E-state index in [1.54, 1.807) is 0 Å². The summed E-state index contributed by atoms with van der Waals surface area (Å²) in [5.41, 5.74) is 7.47. The van der Waals surface area contributed by atoms with Crippen LogP contribution in [0.5, 0.6) is 0 Å². The third-order valence-corrected chi connectivity index (χ3v) is 2.97. The molecular formula is C10H16N4O. The van der Waals surface area contributed by atoms with E-state index in [4.69, 9.17) is 10.9 Å². The molecule has 1 saturated carbocycles. The van der Waals surface area contributed by atoms with Crippen molar-refractivity contribution >= 4 is 5.84 Å². The van der Waals surface area contributed by atoms with Gasteiger partial charge in [-0.1, -0.05) is 5.16 Å². The molecule has 1 fully saturated rings. The van der Waals surface area contributed by atoms with Crippen LogP contribution >= 0.6 is 0 Å². The molecular weight excluding hydrogens is 192 g/mol. The van der Waals surface area contributed by atoms with Crippen LogP contribution in [0.2, 0.25) is 0 Å². The molecule has 1 heterocycles. The van der Waals surface area contributed by atoms with Crippen LogP contribution < -0.4 is 5.73 Å². The highest BCUT2D eigenvalue weighted by atomic mass is 16.4. The van der Waals surface area contributed by atoms with Crippen molar-refractivity contribution in [2.45, 2.75) is 38.6 Å².